The maximum absolute atomic E-state index is 13.9. The molecule has 33 heavy (non-hydrogen) atoms. The third kappa shape index (κ3) is 4.02. The third-order valence-corrected chi connectivity index (χ3v) is 7.96. The molecule has 1 saturated heterocycles. The highest BCUT2D eigenvalue weighted by molar-refractivity contribution is 6.13. The molecule has 2 fully saturated rings. The van der Waals surface area contributed by atoms with Crippen LogP contribution in [0, 0.1) is 29.1 Å². The summed E-state index contributed by atoms with van der Waals surface area (Å²) >= 11 is 0. The van der Waals surface area contributed by atoms with Gasteiger partial charge in [0.1, 0.15) is 5.41 Å². The Hall–Kier alpha value is -2.50. The van der Waals surface area contributed by atoms with E-state index in [0.717, 1.165) is 5.56 Å². The predicted octanol–water partition coefficient (Wildman–Crippen LogP) is 3.38. The number of hydrogen-bond donors (Lipinski definition) is 3. The summed E-state index contributed by atoms with van der Waals surface area (Å²) < 4.78 is 0. The van der Waals surface area contributed by atoms with E-state index in [1.165, 1.54) is 12.2 Å². The Morgan fingerprint density at radius 2 is 1.88 bits per heavy atom. The van der Waals surface area contributed by atoms with Gasteiger partial charge in [-0.3, -0.25) is 9.59 Å². The van der Waals surface area contributed by atoms with Crippen LogP contribution in [0.4, 0.5) is 0 Å². The fourth-order valence-electron chi connectivity index (χ4n) is 6.39. The van der Waals surface area contributed by atoms with Gasteiger partial charge < -0.3 is 15.5 Å². The predicted molar refractivity (Wildman–Crippen MR) is 128 cm³/mol. The van der Waals surface area contributed by atoms with Crippen molar-refractivity contribution in [3.05, 3.63) is 72.4 Å². The number of ketones is 1. The molecule has 1 aliphatic heterocycles. The zero-order chi connectivity index (χ0) is 24.0. The third-order valence-electron chi connectivity index (χ3n) is 7.96. The molecule has 1 saturated carbocycles. The van der Waals surface area contributed by atoms with E-state index in [1.807, 2.05) is 56.3 Å². The standard InChI is InChI=1S/C28H35NO4/c1-17-9-8-12-21-25(31)19(3)18(2)24-22(15-20-10-6-5-7-11-20)29-26(32)28(21,24)23(30)13-14-27(4,33)16-17/h5-8,10-14,17-18,21-22,24-25,31,33H,3,9,15-16H2,1-2,4H3,(H,29,32)/b12-8+,14-13+/t17?,18?,21-,22-,24?,25+,27?,28+/m0/s1. The molecule has 3 aliphatic rings. The lowest BCUT2D eigenvalue weighted by molar-refractivity contribution is -0.148. The zero-order valence-corrected chi connectivity index (χ0v) is 19.7. The largest absolute Gasteiger partial charge is 0.388 e. The van der Waals surface area contributed by atoms with Gasteiger partial charge in [0.25, 0.3) is 0 Å². The van der Waals surface area contributed by atoms with Gasteiger partial charge in [0.05, 0.1) is 11.7 Å². The Balaban J connectivity index is 1.86. The molecule has 1 amide bonds. The van der Waals surface area contributed by atoms with Crippen LogP contribution in [0.3, 0.4) is 0 Å². The lowest BCUT2D eigenvalue weighted by atomic mass is 9.52. The molecule has 4 unspecified atom stereocenters. The van der Waals surface area contributed by atoms with Gasteiger partial charge in [0, 0.05) is 17.9 Å². The molecule has 1 aromatic rings. The van der Waals surface area contributed by atoms with Crippen molar-refractivity contribution in [1.29, 1.82) is 0 Å². The molecule has 3 N–H and O–H groups in total. The lowest BCUT2D eigenvalue weighted by Crippen LogP contribution is -2.58. The molecule has 0 aromatic heterocycles. The van der Waals surface area contributed by atoms with Crippen LogP contribution >= 0.6 is 0 Å². The van der Waals surface area contributed by atoms with Gasteiger partial charge in [0.15, 0.2) is 5.78 Å². The second kappa shape index (κ2) is 8.69. The van der Waals surface area contributed by atoms with Crippen molar-refractivity contribution in [1.82, 2.24) is 5.32 Å². The summed E-state index contributed by atoms with van der Waals surface area (Å²) in [5, 5.41) is 25.2. The number of aliphatic hydroxyl groups excluding tert-OH is 1. The number of benzene rings is 1. The summed E-state index contributed by atoms with van der Waals surface area (Å²) in [6.45, 7) is 9.86. The summed E-state index contributed by atoms with van der Waals surface area (Å²) in [7, 11) is 0. The minimum Gasteiger partial charge on any atom is -0.388 e. The number of nitrogens with one attached hydrogen (secondary N) is 1. The van der Waals surface area contributed by atoms with Crippen LogP contribution in [0.25, 0.3) is 0 Å². The van der Waals surface area contributed by atoms with Crippen LogP contribution in [0.2, 0.25) is 0 Å². The molecule has 1 heterocycles. The van der Waals surface area contributed by atoms with Crippen LogP contribution in [0.1, 0.15) is 39.2 Å². The van der Waals surface area contributed by atoms with Gasteiger partial charge in [-0.25, -0.2) is 0 Å². The minimum absolute atomic E-state index is 0.173. The number of allylic oxidation sites excluding steroid dienone is 2. The summed E-state index contributed by atoms with van der Waals surface area (Å²) in [4.78, 5) is 27.7. The molecular formula is C28H35NO4. The lowest BCUT2D eigenvalue weighted by Gasteiger charge is -2.48. The van der Waals surface area contributed by atoms with Crippen LogP contribution in [0.5, 0.6) is 0 Å². The van der Waals surface area contributed by atoms with Crippen molar-refractivity contribution >= 4 is 11.7 Å². The van der Waals surface area contributed by atoms with Gasteiger partial charge >= 0.3 is 0 Å². The van der Waals surface area contributed by atoms with Crippen molar-refractivity contribution < 1.29 is 19.8 Å². The molecule has 4 rings (SSSR count). The molecule has 5 heteroatoms. The zero-order valence-electron chi connectivity index (χ0n) is 19.7. The highest BCUT2D eigenvalue weighted by Gasteiger charge is 2.68. The summed E-state index contributed by atoms with van der Waals surface area (Å²) in [5.41, 5.74) is -0.870. The first-order valence-electron chi connectivity index (χ1n) is 11.9. The Kier molecular flexibility index (Phi) is 6.23. The van der Waals surface area contributed by atoms with Gasteiger partial charge in [-0.15, -0.1) is 0 Å². The quantitative estimate of drug-likeness (QED) is 0.477. The normalized spacial score (nSPS) is 43.1. The van der Waals surface area contributed by atoms with Crippen molar-refractivity contribution in [2.75, 3.05) is 0 Å². The SMILES string of the molecule is C=C1C(C)C2[C@H](Cc3ccccc3)NC(=O)[C@]23C(=O)/C=C/C(C)(O)CC(C)C/C=C/[C@H]3[C@@H]1O. The van der Waals surface area contributed by atoms with Crippen molar-refractivity contribution in [3.8, 4) is 0 Å². The number of hydrogen-bond acceptors (Lipinski definition) is 4. The maximum atomic E-state index is 13.9. The Morgan fingerprint density at radius 3 is 2.58 bits per heavy atom. The molecule has 1 spiro atoms. The first-order chi connectivity index (χ1) is 15.6. The molecule has 0 bridgehead atoms. The molecule has 0 radical (unpaired) electrons. The first-order valence-corrected chi connectivity index (χ1v) is 11.9. The van der Waals surface area contributed by atoms with Crippen molar-refractivity contribution in [2.24, 2.45) is 29.1 Å². The number of carbonyl (C=O) groups is 2. The van der Waals surface area contributed by atoms with E-state index in [1.54, 1.807) is 6.92 Å². The van der Waals surface area contributed by atoms with Gasteiger partial charge in [-0.2, -0.15) is 0 Å². The number of aliphatic hydroxyl groups is 2. The highest BCUT2D eigenvalue weighted by atomic mass is 16.3. The molecule has 2 aliphatic carbocycles. The fraction of sp³-hybridized carbons (Fsp3) is 0.500. The summed E-state index contributed by atoms with van der Waals surface area (Å²) in [6, 6.07) is 9.64. The molecule has 5 nitrogen and oxygen atoms in total. The maximum Gasteiger partial charge on any atom is 0.235 e. The van der Waals surface area contributed by atoms with Gasteiger partial charge in [0.2, 0.25) is 5.91 Å². The number of rotatable bonds is 2. The highest BCUT2D eigenvalue weighted by Crippen LogP contribution is 2.56. The van der Waals surface area contributed by atoms with E-state index in [9.17, 15) is 19.8 Å². The van der Waals surface area contributed by atoms with E-state index in [4.69, 9.17) is 0 Å². The average molecular weight is 450 g/mol. The molecule has 1 aromatic carbocycles. The van der Waals surface area contributed by atoms with E-state index in [-0.39, 0.29) is 35.5 Å². The van der Waals surface area contributed by atoms with E-state index < -0.39 is 23.0 Å². The van der Waals surface area contributed by atoms with E-state index >= 15 is 0 Å². The minimum atomic E-state index is -1.45. The molecular weight excluding hydrogens is 414 g/mol. The van der Waals surface area contributed by atoms with Gasteiger partial charge in [-0.05, 0) is 61.3 Å². The molecule has 8 atom stereocenters. The second-order valence-electron chi connectivity index (χ2n) is 10.5. The van der Waals surface area contributed by atoms with Crippen molar-refractivity contribution in [3.63, 3.8) is 0 Å². The van der Waals surface area contributed by atoms with Crippen LogP contribution < -0.4 is 5.32 Å². The van der Waals surface area contributed by atoms with Crippen LogP contribution in [0.15, 0.2) is 66.8 Å². The molecule has 176 valence electrons. The Morgan fingerprint density at radius 1 is 1.18 bits per heavy atom. The van der Waals surface area contributed by atoms with Crippen molar-refractivity contribution in [2.45, 2.75) is 57.8 Å². The fourth-order valence-corrected chi connectivity index (χ4v) is 6.39. The second-order valence-corrected chi connectivity index (χ2v) is 10.5. The Bertz CT molecular complexity index is 994. The summed E-state index contributed by atoms with van der Waals surface area (Å²) in [5.74, 6) is -1.84. The summed E-state index contributed by atoms with van der Waals surface area (Å²) in [6.07, 6.45) is 7.48. The smallest absolute Gasteiger partial charge is 0.235 e. The van der Waals surface area contributed by atoms with Crippen LogP contribution in [-0.2, 0) is 16.0 Å². The topological polar surface area (TPSA) is 86.6 Å². The monoisotopic (exact) mass is 449 g/mol. The number of amides is 1. The van der Waals surface area contributed by atoms with Gasteiger partial charge in [-0.1, -0.05) is 62.9 Å². The van der Waals surface area contributed by atoms with Crippen LogP contribution in [-0.4, -0.2) is 39.7 Å². The first kappa shape index (κ1) is 23.7. The van der Waals surface area contributed by atoms with E-state index in [2.05, 4.69) is 11.9 Å². The van der Waals surface area contributed by atoms with E-state index in [0.29, 0.717) is 24.8 Å². The average Bonchev–Trinajstić information content (AvgIpc) is 3.04. The number of carbonyl (C=O) groups excluding carboxylic acids is 2. The Labute approximate surface area is 196 Å².